The summed E-state index contributed by atoms with van der Waals surface area (Å²) in [5, 5.41) is 6.39. The molecule has 0 aliphatic heterocycles. The van der Waals surface area contributed by atoms with Gasteiger partial charge in [-0.15, -0.1) is 0 Å². The Morgan fingerprint density at radius 3 is 2.33 bits per heavy atom. The van der Waals surface area contributed by atoms with Crippen molar-refractivity contribution in [3.63, 3.8) is 0 Å². The molecule has 3 nitrogen and oxygen atoms in total. The molecule has 0 aromatic carbocycles. The van der Waals surface area contributed by atoms with Crippen LogP contribution in [0.2, 0.25) is 0 Å². The van der Waals surface area contributed by atoms with E-state index in [-0.39, 0.29) is 0 Å². The molecule has 0 fully saturated rings. The molecule has 4 heteroatoms. The van der Waals surface area contributed by atoms with Crippen LogP contribution in [0, 0.1) is 0 Å². The molecule has 0 atom stereocenters. The number of nitrogens with two attached hydrogens (primary N) is 1. The zero-order valence-electron chi connectivity index (χ0n) is 3.09. The zero-order chi connectivity index (χ0) is 4.99. The van der Waals surface area contributed by atoms with Gasteiger partial charge in [-0.1, -0.05) is 0 Å². The quantitative estimate of drug-likeness (QED) is 0.223. The Morgan fingerprint density at radius 1 is 1.83 bits per heavy atom. The second kappa shape index (κ2) is 2.87. The third-order valence-electron chi connectivity index (χ3n) is 0.169. The summed E-state index contributed by atoms with van der Waals surface area (Å²) in [4.78, 5) is 0. The third-order valence-corrected chi connectivity index (χ3v) is 0.341. The standard InChI is InChI=1S/C2H4N3Se/c1-4-5-2(3)6/h1H2,(H2,3,5). The van der Waals surface area contributed by atoms with Crippen LogP contribution in [-0.4, -0.2) is 27.5 Å². The summed E-state index contributed by atoms with van der Waals surface area (Å²) in [5.74, 6) is 0. The first-order chi connectivity index (χ1) is 2.77. The van der Waals surface area contributed by atoms with Crippen LogP contribution in [0.25, 0.3) is 0 Å². The molecule has 0 aliphatic carbocycles. The molecule has 0 bridgehead atoms. The molecule has 0 unspecified atom stereocenters. The van der Waals surface area contributed by atoms with Crippen LogP contribution in [0.3, 0.4) is 0 Å². The zero-order valence-corrected chi connectivity index (χ0v) is 4.80. The molecular formula is C2H4N3Se. The third kappa shape index (κ3) is 3.66. The normalized spacial score (nSPS) is 11.0. The predicted molar refractivity (Wildman–Crippen MR) is 26.9 cm³/mol. The molecule has 0 heterocycles. The minimum absolute atomic E-state index is 0.310. The second-order valence-corrected chi connectivity index (χ2v) is 1.46. The Hall–Kier alpha value is -0.341. The van der Waals surface area contributed by atoms with Crippen molar-refractivity contribution in [2.24, 2.45) is 15.9 Å². The van der Waals surface area contributed by atoms with Crippen molar-refractivity contribution in [1.29, 1.82) is 0 Å². The molecule has 0 amide bonds. The topological polar surface area (TPSA) is 50.7 Å². The van der Waals surface area contributed by atoms with Gasteiger partial charge in [-0.2, -0.15) is 0 Å². The maximum atomic E-state index is 4.96. The molecule has 33 valence electrons. The molecule has 0 spiro atoms. The van der Waals surface area contributed by atoms with Gasteiger partial charge in [-0.3, -0.25) is 0 Å². The second-order valence-electron chi connectivity index (χ2n) is 0.580. The monoisotopic (exact) mass is 150 g/mol. The molecule has 2 N–H and O–H groups in total. The fraction of sp³-hybridized carbons (Fsp3) is 0. The summed E-state index contributed by atoms with van der Waals surface area (Å²) in [6.45, 7) is 3.06. The van der Waals surface area contributed by atoms with Gasteiger partial charge < -0.3 is 0 Å². The van der Waals surface area contributed by atoms with E-state index in [4.69, 9.17) is 5.73 Å². The average molecular weight is 149 g/mol. The summed E-state index contributed by atoms with van der Waals surface area (Å²) < 4.78 is 0.310. The summed E-state index contributed by atoms with van der Waals surface area (Å²) in [6, 6.07) is 0. The number of nitrogens with zero attached hydrogens (tertiary/aromatic N) is 2. The molecule has 0 rings (SSSR count). The molecule has 0 aromatic heterocycles. The average Bonchev–Trinajstić information content (AvgIpc) is 1.35. The fourth-order valence-corrected chi connectivity index (χ4v) is 0.191. The van der Waals surface area contributed by atoms with Crippen molar-refractivity contribution < 1.29 is 0 Å². The van der Waals surface area contributed by atoms with Crippen LogP contribution in [0.4, 0.5) is 0 Å². The van der Waals surface area contributed by atoms with E-state index in [1.807, 2.05) is 0 Å². The SMILES string of the molecule is C=NN=C(N)[Se]. The number of hydrogen-bond acceptors (Lipinski definition) is 2. The molecule has 1 radical (unpaired) electrons. The molecular weight excluding hydrogens is 145 g/mol. The van der Waals surface area contributed by atoms with E-state index >= 15 is 0 Å². The van der Waals surface area contributed by atoms with E-state index in [1.54, 1.807) is 0 Å². The van der Waals surface area contributed by atoms with Crippen LogP contribution in [0.15, 0.2) is 10.2 Å². The first-order valence-electron chi connectivity index (χ1n) is 1.23. The van der Waals surface area contributed by atoms with Gasteiger partial charge in [0.05, 0.1) is 0 Å². The van der Waals surface area contributed by atoms with E-state index in [1.165, 1.54) is 0 Å². The van der Waals surface area contributed by atoms with Crippen LogP contribution in [0.5, 0.6) is 0 Å². The van der Waals surface area contributed by atoms with Crippen molar-refractivity contribution in [3.8, 4) is 0 Å². The number of hydrogen-bond donors (Lipinski definition) is 1. The van der Waals surface area contributed by atoms with E-state index < -0.39 is 0 Å². The van der Waals surface area contributed by atoms with Crippen LogP contribution >= 0.6 is 0 Å². The number of amidine groups is 1. The van der Waals surface area contributed by atoms with Crippen molar-refractivity contribution in [2.45, 2.75) is 0 Å². The summed E-state index contributed by atoms with van der Waals surface area (Å²) >= 11 is 2.43. The van der Waals surface area contributed by atoms with Crippen LogP contribution in [0.1, 0.15) is 0 Å². The Morgan fingerprint density at radius 2 is 2.33 bits per heavy atom. The van der Waals surface area contributed by atoms with E-state index in [0.717, 1.165) is 0 Å². The summed E-state index contributed by atoms with van der Waals surface area (Å²) in [6.07, 6.45) is 0. The van der Waals surface area contributed by atoms with Crippen molar-refractivity contribution in [2.75, 3.05) is 0 Å². The van der Waals surface area contributed by atoms with E-state index in [0.29, 0.717) is 4.73 Å². The Balaban J connectivity index is 3.41. The van der Waals surface area contributed by atoms with Gasteiger partial charge >= 0.3 is 43.4 Å². The van der Waals surface area contributed by atoms with E-state index in [9.17, 15) is 0 Å². The molecule has 0 saturated heterocycles. The molecule has 6 heavy (non-hydrogen) atoms. The predicted octanol–water partition coefficient (Wildman–Crippen LogP) is -0.915. The van der Waals surface area contributed by atoms with Gasteiger partial charge in [0.15, 0.2) is 0 Å². The molecule has 0 aliphatic rings. The van der Waals surface area contributed by atoms with Crippen molar-refractivity contribution in [3.05, 3.63) is 0 Å². The molecule has 0 aromatic rings. The van der Waals surface area contributed by atoms with Gasteiger partial charge in [0, 0.05) is 0 Å². The summed E-state index contributed by atoms with van der Waals surface area (Å²) in [7, 11) is 0. The maximum absolute atomic E-state index is 4.96. The Kier molecular flexibility index (Phi) is 2.71. The van der Waals surface area contributed by atoms with Crippen molar-refractivity contribution in [1.82, 2.24) is 0 Å². The van der Waals surface area contributed by atoms with Gasteiger partial charge in [0.1, 0.15) is 0 Å². The fourth-order valence-electron chi connectivity index (χ4n) is 0.0697. The Bertz CT molecular complexity index is 72.9. The van der Waals surface area contributed by atoms with Crippen molar-refractivity contribution >= 4 is 27.5 Å². The first-order valence-corrected chi connectivity index (χ1v) is 2.09. The minimum atomic E-state index is 0.310. The van der Waals surface area contributed by atoms with Gasteiger partial charge in [-0.25, -0.2) is 0 Å². The molecule has 0 saturated carbocycles. The van der Waals surface area contributed by atoms with Crippen LogP contribution in [-0.2, 0) is 0 Å². The van der Waals surface area contributed by atoms with E-state index in [2.05, 4.69) is 32.9 Å². The summed E-state index contributed by atoms with van der Waals surface area (Å²) in [5.41, 5.74) is 4.96. The van der Waals surface area contributed by atoms with Gasteiger partial charge in [0.2, 0.25) is 0 Å². The Labute approximate surface area is 44.1 Å². The first kappa shape index (κ1) is 5.66. The van der Waals surface area contributed by atoms with Crippen LogP contribution < -0.4 is 5.73 Å². The van der Waals surface area contributed by atoms with Gasteiger partial charge in [-0.05, 0) is 0 Å². The number of rotatable bonds is 1. The van der Waals surface area contributed by atoms with Gasteiger partial charge in [0.25, 0.3) is 0 Å².